The Morgan fingerprint density at radius 2 is 1.52 bits per heavy atom. The molecule has 0 aromatic heterocycles. The third-order valence-corrected chi connectivity index (χ3v) is 6.55. The molecule has 1 aliphatic rings. The monoisotopic (exact) mass is 575 g/mol. The molecule has 2 aromatic rings. The molecule has 0 unspecified atom stereocenters. The Balaban J connectivity index is 0.000000782. The molecule has 9 nitrogen and oxygen atoms in total. The van der Waals surface area contributed by atoms with Crippen LogP contribution in [0.4, 0.5) is 21.9 Å². The number of nitrogens with one attached hydrogen (secondary N) is 3. The van der Waals surface area contributed by atoms with Gasteiger partial charge in [0.1, 0.15) is 5.84 Å². The molecular weight excluding hydrogens is 530 g/mol. The zero-order chi connectivity index (χ0) is 31.1. The van der Waals surface area contributed by atoms with Gasteiger partial charge < -0.3 is 20.7 Å². The van der Waals surface area contributed by atoms with Crippen LogP contribution in [-0.4, -0.2) is 30.0 Å². The van der Waals surface area contributed by atoms with Crippen molar-refractivity contribution in [3.63, 3.8) is 0 Å². The van der Waals surface area contributed by atoms with Crippen LogP contribution < -0.4 is 16.0 Å². The molecule has 0 aliphatic carbocycles. The van der Waals surface area contributed by atoms with Gasteiger partial charge in [0.05, 0.1) is 4.92 Å². The Labute approximate surface area is 250 Å². The lowest BCUT2D eigenvalue weighted by Crippen LogP contribution is -2.19. The van der Waals surface area contributed by atoms with Crippen molar-refractivity contribution in [3.8, 4) is 0 Å². The summed E-state index contributed by atoms with van der Waals surface area (Å²) >= 11 is 0. The number of amides is 2. The van der Waals surface area contributed by atoms with Crippen molar-refractivity contribution < 1.29 is 14.5 Å². The number of nitro benzene ring substituents is 1. The minimum Gasteiger partial charge on any atom is -0.381 e. The first-order chi connectivity index (χ1) is 20.1. The first-order valence-electron chi connectivity index (χ1n) is 14.5. The fourth-order valence-corrected chi connectivity index (χ4v) is 3.66. The molecule has 0 atom stereocenters. The highest BCUT2D eigenvalue weighted by molar-refractivity contribution is 6.12. The Morgan fingerprint density at radius 3 is 2.00 bits per heavy atom. The van der Waals surface area contributed by atoms with E-state index in [4.69, 9.17) is 9.73 Å². The second-order valence-corrected chi connectivity index (χ2v) is 10.3. The molecule has 226 valence electrons. The number of aliphatic imine (C=N–C) groups is 1. The zero-order valence-electron chi connectivity index (χ0n) is 25.9. The van der Waals surface area contributed by atoms with E-state index in [1.807, 2.05) is 30.5 Å². The first kappa shape index (κ1) is 34.0. The molecule has 9 heteroatoms. The average Bonchev–Trinajstić information content (AvgIpc) is 3.40. The Bertz CT molecular complexity index is 1300. The van der Waals surface area contributed by atoms with Gasteiger partial charge in [-0.15, -0.1) is 0 Å². The topological polar surface area (TPSA) is 118 Å². The van der Waals surface area contributed by atoms with Crippen molar-refractivity contribution >= 4 is 34.6 Å². The van der Waals surface area contributed by atoms with Crippen LogP contribution in [0.25, 0.3) is 5.70 Å². The number of urea groups is 1. The van der Waals surface area contributed by atoms with Crippen molar-refractivity contribution in [2.75, 3.05) is 23.8 Å². The quantitative estimate of drug-likeness (QED) is 0.141. The van der Waals surface area contributed by atoms with Gasteiger partial charge in [-0.1, -0.05) is 57.9 Å². The summed E-state index contributed by atoms with van der Waals surface area (Å²) in [7, 11) is 0. The number of anilines is 2. The van der Waals surface area contributed by atoms with E-state index >= 15 is 0 Å². The van der Waals surface area contributed by atoms with Crippen molar-refractivity contribution in [1.82, 2.24) is 5.32 Å². The van der Waals surface area contributed by atoms with Crippen LogP contribution in [0.5, 0.6) is 0 Å². The molecule has 1 aliphatic heterocycles. The number of ether oxygens (including phenoxy) is 1. The van der Waals surface area contributed by atoms with E-state index in [0.717, 1.165) is 55.1 Å². The highest BCUT2D eigenvalue weighted by Gasteiger charge is 2.20. The largest absolute Gasteiger partial charge is 0.381 e. The van der Waals surface area contributed by atoms with Gasteiger partial charge in [-0.25, -0.2) is 9.79 Å². The Hall–Kier alpha value is -4.24. The van der Waals surface area contributed by atoms with Gasteiger partial charge in [0.15, 0.2) is 0 Å². The molecule has 2 amide bonds. The SMILES string of the molecule is CC/C(C)=C/N=C1\NC(c2ccc(NC(=O)Nc3ccc([N+](=O)[O-])cc3)cc2)=C\C1=C(\C)C(C)C.CCCOCCC. The lowest BCUT2D eigenvalue weighted by Gasteiger charge is -2.10. The third-order valence-electron chi connectivity index (χ3n) is 6.55. The van der Waals surface area contributed by atoms with Crippen LogP contribution in [0, 0.1) is 16.0 Å². The summed E-state index contributed by atoms with van der Waals surface area (Å²) in [6.07, 6.45) is 7.25. The first-order valence-corrected chi connectivity index (χ1v) is 14.5. The number of nitro groups is 1. The van der Waals surface area contributed by atoms with Crippen LogP contribution >= 0.6 is 0 Å². The van der Waals surface area contributed by atoms with E-state index in [2.05, 4.69) is 70.5 Å². The average molecular weight is 576 g/mol. The van der Waals surface area contributed by atoms with Crippen molar-refractivity contribution in [2.45, 2.75) is 67.7 Å². The molecule has 0 saturated heterocycles. The number of hydrogen-bond acceptors (Lipinski definition) is 5. The molecule has 1 heterocycles. The molecule has 3 N–H and O–H groups in total. The fraction of sp³-hybridized carbons (Fsp3) is 0.394. The number of carbonyl (C=O) groups excluding carboxylic acids is 1. The maximum absolute atomic E-state index is 12.3. The van der Waals surface area contributed by atoms with E-state index in [-0.39, 0.29) is 5.69 Å². The van der Waals surface area contributed by atoms with E-state index in [0.29, 0.717) is 17.3 Å². The minimum atomic E-state index is -0.485. The Kier molecular flexibility index (Phi) is 14.2. The molecule has 0 radical (unpaired) electrons. The summed E-state index contributed by atoms with van der Waals surface area (Å²) < 4.78 is 5.13. The molecule has 42 heavy (non-hydrogen) atoms. The smallest absolute Gasteiger partial charge is 0.323 e. The Morgan fingerprint density at radius 1 is 0.976 bits per heavy atom. The highest BCUT2D eigenvalue weighted by atomic mass is 16.6. The standard InChI is InChI=1S/C27H31N5O3.C6H14O/c1-6-18(4)16-28-26-24(19(5)17(2)3)15-25(31-26)20-7-9-21(10-8-20)29-27(33)30-22-11-13-23(14-12-22)32(34)35;1-3-5-7-6-4-2/h7-17H,6H2,1-5H3,(H,28,31)(H2,29,30,33);3-6H2,1-2H3/b18-16+,24-19+;. The number of carbonyl (C=O) groups is 1. The van der Waals surface area contributed by atoms with Gasteiger partial charge in [0.2, 0.25) is 0 Å². The molecule has 0 bridgehead atoms. The van der Waals surface area contributed by atoms with Crippen molar-refractivity contribution in [1.29, 1.82) is 0 Å². The number of nitrogens with zero attached hydrogens (tertiary/aromatic N) is 2. The van der Waals surface area contributed by atoms with Crippen LogP contribution in [0.15, 0.2) is 82.5 Å². The van der Waals surface area contributed by atoms with Gasteiger partial charge in [-0.05, 0) is 74.9 Å². The van der Waals surface area contributed by atoms with E-state index in [9.17, 15) is 14.9 Å². The van der Waals surface area contributed by atoms with E-state index in [1.54, 1.807) is 0 Å². The number of hydrogen-bond donors (Lipinski definition) is 3. The van der Waals surface area contributed by atoms with Crippen LogP contribution in [0.2, 0.25) is 0 Å². The number of rotatable bonds is 11. The zero-order valence-corrected chi connectivity index (χ0v) is 25.9. The maximum atomic E-state index is 12.3. The fourth-order valence-electron chi connectivity index (χ4n) is 3.66. The highest BCUT2D eigenvalue weighted by Crippen LogP contribution is 2.27. The second-order valence-electron chi connectivity index (χ2n) is 10.3. The third kappa shape index (κ3) is 11.0. The summed E-state index contributed by atoms with van der Waals surface area (Å²) in [4.78, 5) is 27.3. The summed E-state index contributed by atoms with van der Waals surface area (Å²) in [6, 6.07) is 12.7. The van der Waals surface area contributed by atoms with E-state index in [1.165, 1.54) is 35.4 Å². The predicted molar refractivity (Wildman–Crippen MR) is 174 cm³/mol. The minimum absolute atomic E-state index is 0.0345. The van der Waals surface area contributed by atoms with Gasteiger partial charge in [0, 0.05) is 54.2 Å². The predicted octanol–water partition coefficient (Wildman–Crippen LogP) is 8.69. The van der Waals surface area contributed by atoms with Crippen LogP contribution in [0.3, 0.4) is 0 Å². The molecule has 3 rings (SSSR count). The molecule has 2 aromatic carbocycles. The van der Waals surface area contributed by atoms with E-state index < -0.39 is 11.0 Å². The van der Waals surface area contributed by atoms with Crippen LogP contribution in [0.1, 0.15) is 73.3 Å². The maximum Gasteiger partial charge on any atom is 0.323 e. The number of allylic oxidation sites excluding steroid dienone is 2. The normalized spacial score (nSPS) is 15.0. The van der Waals surface area contributed by atoms with Crippen LogP contribution in [-0.2, 0) is 4.74 Å². The second kappa shape index (κ2) is 17.5. The number of amidine groups is 1. The summed E-state index contributed by atoms with van der Waals surface area (Å²) in [6.45, 7) is 16.7. The number of non-ortho nitro benzene ring substituents is 1. The van der Waals surface area contributed by atoms with Crippen molar-refractivity contribution in [2.24, 2.45) is 10.9 Å². The summed E-state index contributed by atoms with van der Waals surface area (Å²) in [5.74, 6) is 1.23. The molecular formula is C33H45N5O4. The van der Waals surface area contributed by atoms with Crippen molar-refractivity contribution in [3.05, 3.63) is 93.2 Å². The van der Waals surface area contributed by atoms with Gasteiger partial charge in [-0.3, -0.25) is 10.1 Å². The molecule has 0 spiro atoms. The van der Waals surface area contributed by atoms with Gasteiger partial charge >= 0.3 is 6.03 Å². The summed E-state index contributed by atoms with van der Waals surface area (Å²) in [5, 5.41) is 19.6. The molecule has 0 fully saturated rings. The molecule has 0 saturated carbocycles. The lowest BCUT2D eigenvalue weighted by atomic mass is 9.98. The number of benzene rings is 2. The summed E-state index contributed by atoms with van der Waals surface area (Å²) in [5.41, 5.74) is 6.53. The van der Waals surface area contributed by atoms with Gasteiger partial charge in [0.25, 0.3) is 5.69 Å². The lowest BCUT2D eigenvalue weighted by molar-refractivity contribution is -0.384. The van der Waals surface area contributed by atoms with Gasteiger partial charge in [-0.2, -0.15) is 0 Å².